The van der Waals surface area contributed by atoms with E-state index in [2.05, 4.69) is 9.97 Å². The van der Waals surface area contributed by atoms with E-state index in [0.29, 0.717) is 10.8 Å². The maximum absolute atomic E-state index is 12.2. The van der Waals surface area contributed by atoms with Crippen molar-refractivity contribution in [3.05, 3.63) is 16.2 Å². The van der Waals surface area contributed by atoms with E-state index in [4.69, 9.17) is 11.6 Å². The number of thioether (sulfide) groups is 1. The molecule has 1 aliphatic heterocycles. The third-order valence-corrected chi connectivity index (χ3v) is 6.17. The molecule has 4 nitrogen and oxygen atoms in total. The molecule has 0 saturated carbocycles. The number of amides is 1. The van der Waals surface area contributed by atoms with Crippen LogP contribution in [0.3, 0.4) is 0 Å². The lowest BCUT2D eigenvalue weighted by atomic mass is 10.1. The van der Waals surface area contributed by atoms with Gasteiger partial charge >= 0.3 is 0 Å². The molecular weight excluding hydrogens is 326 g/mol. The van der Waals surface area contributed by atoms with Crippen LogP contribution in [0.5, 0.6) is 0 Å². The smallest absolute Gasteiger partial charge is 0.232 e. The molecule has 1 fully saturated rings. The van der Waals surface area contributed by atoms with Gasteiger partial charge < -0.3 is 4.90 Å². The highest BCUT2D eigenvalue weighted by atomic mass is 35.5. The van der Waals surface area contributed by atoms with Crippen LogP contribution in [0, 0.1) is 6.92 Å². The summed E-state index contributed by atoms with van der Waals surface area (Å²) in [6.07, 6.45) is 5.00. The number of carbonyl (C=O) groups excluding carboxylic acids is 1. The highest BCUT2D eigenvalue weighted by Crippen LogP contribution is 2.38. The number of hydrogen-bond donors (Lipinski definition) is 0. The number of thiophene rings is 1. The number of piperidine rings is 1. The summed E-state index contributed by atoms with van der Waals surface area (Å²) in [5, 5.41) is 2.40. The summed E-state index contributed by atoms with van der Waals surface area (Å²) in [7, 11) is 0. The number of carbonyl (C=O) groups is 1. The van der Waals surface area contributed by atoms with E-state index >= 15 is 0 Å². The number of hydrogen-bond acceptors (Lipinski definition) is 5. The molecule has 2 aromatic heterocycles. The van der Waals surface area contributed by atoms with Crippen LogP contribution in [0.1, 0.15) is 24.1 Å². The van der Waals surface area contributed by atoms with Crippen LogP contribution in [0.25, 0.3) is 10.2 Å². The minimum Gasteiger partial charge on any atom is -0.342 e. The van der Waals surface area contributed by atoms with Crippen LogP contribution in [-0.4, -0.2) is 39.6 Å². The zero-order chi connectivity index (χ0) is 14.8. The van der Waals surface area contributed by atoms with Crippen molar-refractivity contribution < 1.29 is 4.79 Å². The van der Waals surface area contributed by atoms with Gasteiger partial charge in [0.2, 0.25) is 5.91 Å². The Morgan fingerprint density at radius 1 is 1.38 bits per heavy atom. The molecule has 112 valence electrons. The fourth-order valence-electron chi connectivity index (χ4n) is 2.46. The molecule has 7 heteroatoms. The summed E-state index contributed by atoms with van der Waals surface area (Å²) in [4.78, 5) is 24.7. The van der Waals surface area contributed by atoms with Crippen LogP contribution < -0.4 is 0 Å². The third-order valence-electron chi connectivity index (χ3n) is 3.60. The van der Waals surface area contributed by atoms with Crippen molar-refractivity contribution in [1.82, 2.24) is 14.9 Å². The van der Waals surface area contributed by atoms with Crippen molar-refractivity contribution in [2.45, 2.75) is 31.2 Å². The molecule has 3 rings (SSSR count). The van der Waals surface area contributed by atoms with E-state index in [0.717, 1.165) is 46.1 Å². The van der Waals surface area contributed by atoms with Crippen LogP contribution >= 0.6 is 34.7 Å². The standard InChI is InChI=1S/C14H16ClN3OS2/c1-9-12(15)11-13(16-8-17-14(11)21-9)20-7-10(19)18-5-3-2-4-6-18/h8H,2-7H2,1H3. The lowest BCUT2D eigenvalue weighted by Gasteiger charge is -2.26. The number of halogens is 1. The maximum Gasteiger partial charge on any atom is 0.232 e. The predicted molar refractivity (Wildman–Crippen MR) is 88.3 cm³/mol. The summed E-state index contributed by atoms with van der Waals surface area (Å²) in [5.74, 6) is 0.603. The average molecular weight is 342 g/mol. The number of rotatable bonds is 3. The van der Waals surface area contributed by atoms with Crippen molar-refractivity contribution in [1.29, 1.82) is 0 Å². The van der Waals surface area contributed by atoms with Crippen LogP contribution in [0.15, 0.2) is 11.4 Å². The highest BCUT2D eigenvalue weighted by molar-refractivity contribution is 8.00. The van der Waals surface area contributed by atoms with Gasteiger partial charge in [-0.3, -0.25) is 4.79 Å². The van der Waals surface area contributed by atoms with E-state index in [9.17, 15) is 4.79 Å². The first-order valence-electron chi connectivity index (χ1n) is 6.97. The van der Waals surface area contributed by atoms with Crippen molar-refractivity contribution in [3.8, 4) is 0 Å². The Balaban J connectivity index is 1.74. The van der Waals surface area contributed by atoms with Gasteiger partial charge in [0.25, 0.3) is 0 Å². The Kier molecular flexibility index (Phi) is 4.66. The van der Waals surface area contributed by atoms with Crippen molar-refractivity contribution in [2.75, 3.05) is 18.8 Å². The number of nitrogens with zero attached hydrogens (tertiary/aromatic N) is 3. The summed E-state index contributed by atoms with van der Waals surface area (Å²) >= 11 is 9.36. The Hall–Kier alpha value is -0.850. The lowest BCUT2D eigenvalue weighted by Crippen LogP contribution is -2.36. The first-order chi connectivity index (χ1) is 10.2. The normalized spacial score (nSPS) is 15.6. The number of likely N-dealkylation sites (tertiary alicyclic amines) is 1. The molecule has 3 heterocycles. The Bertz CT molecular complexity index is 668. The zero-order valence-electron chi connectivity index (χ0n) is 11.8. The molecule has 1 amide bonds. The van der Waals surface area contributed by atoms with Gasteiger partial charge in [0.05, 0.1) is 16.2 Å². The minimum absolute atomic E-state index is 0.189. The van der Waals surface area contributed by atoms with Gasteiger partial charge in [-0.05, 0) is 26.2 Å². The number of aryl methyl sites for hydroxylation is 1. The molecule has 21 heavy (non-hydrogen) atoms. The van der Waals surface area contributed by atoms with Crippen LogP contribution in [0.2, 0.25) is 5.02 Å². The average Bonchev–Trinajstić information content (AvgIpc) is 2.81. The van der Waals surface area contributed by atoms with Crippen LogP contribution in [0.4, 0.5) is 0 Å². The lowest BCUT2D eigenvalue weighted by molar-refractivity contribution is -0.129. The second-order valence-corrected chi connectivity index (χ2v) is 7.61. The van der Waals surface area contributed by atoms with E-state index in [-0.39, 0.29) is 5.91 Å². The van der Waals surface area contributed by atoms with Gasteiger partial charge in [-0.1, -0.05) is 23.4 Å². The molecular formula is C14H16ClN3OS2. The number of aromatic nitrogens is 2. The quantitative estimate of drug-likeness (QED) is 0.630. The Labute approximate surface area is 136 Å². The minimum atomic E-state index is 0.189. The molecule has 0 spiro atoms. The predicted octanol–water partition coefficient (Wildman–Crippen LogP) is 3.76. The summed E-state index contributed by atoms with van der Waals surface area (Å²) in [6, 6.07) is 0. The van der Waals surface area contributed by atoms with Gasteiger partial charge in [-0.15, -0.1) is 11.3 Å². The second kappa shape index (κ2) is 6.50. The summed E-state index contributed by atoms with van der Waals surface area (Å²) in [6.45, 7) is 3.75. The molecule has 0 atom stereocenters. The van der Waals surface area contributed by atoms with Gasteiger partial charge in [-0.2, -0.15) is 0 Å². The SMILES string of the molecule is Cc1sc2ncnc(SCC(=O)N3CCCCC3)c2c1Cl. The first-order valence-corrected chi connectivity index (χ1v) is 9.15. The fourth-order valence-corrected chi connectivity index (χ4v) is 4.72. The first kappa shape index (κ1) is 15.1. The van der Waals surface area contributed by atoms with E-state index < -0.39 is 0 Å². The second-order valence-electron chi connectivity index (χ2n) is 5.06. The molecule has 0 unspecified atom stereocenters. The molecule has 0 aromatic carbocycles. The van der Waals surface area contributed by atoms with Crippen molar-refractivity contribution in [2.24, 2.45) is 0 Å². The zero-order valence-corrected chi connectivity index (χ0v) is 14.2. The molecule has 0 aliphatic carbocycles. The summed E-state index contributed by atoms with van der Waals surface area (Å²) in [5.41, 5.74) is 0. The molecule has 0 bridgehead atoms. The molecule has 0 radical (unpaired) electrons. The molecule has 1 saturated heterocycles. The van der Waals surface area contributed by atoms with Crippen molar-refractivity contribution in [3.63, 3.8) is 0 Å². The Morgan fingerprint density at radius 2 is 2.14 bits per heavy atom. The van der Waals surface area contributed by atoms with Crippen LogP contribution in [-0.2, 0) is 4.79 Å². The largest absolute Gasteiger partial charge is 0.342 e. The van der Waals surface area contributed by atoms with Gasteiger partial charge in [0.15, 0.2) is 0 Å². The maximum atomic E-state index is 12.2. The van der Waals surface area contributed by atoms with E-state index in [1.165, 1.54) is 18.2 Å². The van der Waals surface area contributed by atoms with Gasteiger partial charge in [0.1, 0.15) is 16.2 Å². The van der Waals surface area contributed by atoms with Crippen molar-refractivity contribution >= 4 is 50.8 Å². The number of fused-ring (bicyclic) bond motifs is 1. The topological polar surface area (TPSA) is 46.1 Å². The monoisotopic (exact) mass is 341 g/mol. The molecule has 1 aliphatic rings. The molecule has 0 N–H and O–H groups in total. The summed E-state index contributed by atoms with van der Waals surface area (Å²) < 4.78 is 0. The van der Waals surface area contributed by atoms with Gasteiger partial charge in [-0.25, -0.2) is 9.97 Å². The molecule has 2 aromatic rings. The Morgan fingerprint density at radius 3 is 2.90 bits per heavy atom. The fraction of sp³-hybridized carbons (Fsp3) is 0.500. The van der Waals surface area contributed by atoms with Gasteiger partial charge in [0, 0.05) is 18.0 Å². The van der Waals surface area contributed by atoms with E-state index in [1.54, 1.807) is 17.7 Å². The van der Waals surface area contributed by atoms with E-state index in [1.807, 2.05) is 11.8 Å². The highest BCUT2D eigenvalue weighted by Gasteiger charge is 2.19. The third kappa shape index (κ3) is 3.17.